The van der Waals surface area contributed by atoms with Gasteiger partial charge in [0.1, 0.15) is 0 Å². The molecule has 0 aliphatic rings. The molecule has 6 nitrogen and oxygen atoms in total. The lowest BCUT2D eigenvalue weighted by Crippen LogP contribution is -2.37. The average Bonchev–Trinajstić information content (AvgIpc) is 2.68. The fraction of sp³-hybridized carbons (Fsp3) is 0.500. The molecule has 0 aromatic carbocycles. The molecule has 1 unspecified atom stereocenters. The molecule has 1 heterocycles. The number of aromatic amines is 1. The van der Waals surface area contributed by atoms with Crippen LogP contribution in [0.25, 0.3) is 0 Å². The second kappa shape index (κ2) is 5.37. The first-order chi connectivity index (χ1) is 7.45. The molecular weight excluding hydrogens is 248 g/mol. The van der Waals surface area contributed by atoms with Crippen molar-refractivity contribution in [2.45, 2.75) is 30.8 Å². The van der Waals surface area contributed by atoms with Gasteiger partial charge >= 0.3 is 0 Å². The van der Waals surface area contributed by atoms with Crippen molar-refractivity contribution in [1.29, 1.82) is 0 Å². The molecule has 90 valence electrons. The van der Waals surface area contributed by atoms with E-state index < -0.39 is 10.0 Å². The molecule has 4 N–H and O–H groups in total. The normalized spacial score (nSPS) is 13.6. The van der Waals surface area contributed by atoms with Gasteiger partial charge in [-0.3, -0.25) is 0 Å². The highest BCUT2D eigenvalue weighted by Crippen LogP contribution is 2.07. The second-order valence-corrected chi connectivity index (χ2v) is 5.52. The van der Waals surface area contributed by atoms with Crippen molar-refractivity contribution in [2.24, 2.45) is 5.73 Å². The smallest absolute Gasteiger partial charge is 0.257 e. The van der Waals surface area contributed by atoms with Crippen molar-refractivity contribution in [3.05, 3.63) is 12.5 Å². The van der Waals surface area contributed by atoms with Crippen LogP contribution < -0.4 is 10.5 Å². The highest BCUT2D eigenvalue weighted by atomic mass is 32.2. The number of H-pyrrole nitrogens is 1. The first kappa shape index (κ1) is 13.1. The molecule has 0 bridgehead atoms. The van der Waals surface area contributed by atoms with Crippen LogP contribution >= 0.6 is 12.2 Å². The first-order valence-electron chi connectivity index (χ1n) is 4.74. The number of rotatable bonds is 6. The maximum absolute atomic E-state index is 11.8. The monoisotopic (exact) mass is 262 g/mol. The van der Waals surface area contributed by atoms with Gasteiger partial charge < -0.3 is 10.7 Å². The molecule has 0 saturated heterocycles. The highest BCUT2D eigenvalue weighted by Gasteiger charge is 2.20. The number of hydrogen-bond donors (Lipinski definition) is 3. The summed E-state index contributed by atoms with van der Waals surface area (Å²) in [5, 5.41) is 0.0360. The Morgan fingerprint density at radius 3 is 2.88 bits per heavy atom. The van der Waals surface area contributed by atoms with Gasteiger partial charge in [0.25, 0.3) is 10.0 Å². The highest BCUT2D eigenvalue weighted by molar-refractivity contribution is 7.89. The van der Waals surface area contributed by atoms with Crippen LogP contribution in [0, 0.1) is 0 Å². The Morgan fingerprint density at radius 1 is 1.75 bits per heavy atom. The molecule has 1 aromatic rings. The predicted molar refractivity (Wildman–Crippen MR) is 64.4 cm³/mol. The number of nitrogens with two attached hydrogens (primary N) is 1. The number of imidazole rings is 1. The summed E-state index contributed by atoms with van der Waals surface area (Å²) in [5.41, 5.74) is 5.38. The van der Waals surface area contributed by atoms with E-state index in [2.05, 4.69) is 14.7 Å². The van der Waals surface area contributed by atoms with Crippen molar-refractivity contribution in [1.82, 2.24) is 14.7 Å². The Morgan fingerprint density at radius 2 is 2.44 bits per heavy atom. The molecule has 0 aliphatic carbocycles. The topological polar surface area (TPSA) is 101 Å². The van der Waals surface area contributed by atoms with E-state index in [1.165, 1.54) is 12.5 Å². The molecule has 0 radical (unpaired) electrons. The average molecular weight is 262 g/mol. The van der Waals surface area contributed by atoms with Gasteiger partial charge in [-0.25, -0.2) is 18.1 Å². The summed E-state index contributed by atoms with van der Waals surface area (Å²) in [6.45, 7) is 1.86. The Bertz CT molecular complexity index is 441. The van der Waals surface area contributed by atoms with E-state index in [-0.39, 0.29) is 11.1 Å². The Kier molecular flexibility index (Phi) is 4.39. The predicted octanol–water partition coefficient (Wildman–Crippen LogP) is 0.143. The Labute approximate surface area is 99.7 Å². The first-order valence-corrected chi connectivity index (χ1v) is 6.64. The zero-order valence-corrected chi connectivity index (χ0v) is 10.4. The summed E-state index contributed by atoms with van der Waals surface area (Å²) in [5.74, 6) is 0. The minimum atomic E-state index is -3.56. The van der Waals surface area contributed by atoms with Crippen LogP contribution in [-0.4, -0.2) is 29.4 Å². The molecule has 1 atom stereocenters. The lowest BCUT2D eigenvalue weighted by molar-refractivity contribution is 0.544. The summed E-state index contributed by atoms with van der Waals surface area (Å²) in [7, 11) is -3.56. The molecule has 8 heteroatoms. The van der Waals surface area contributed by atoms with Gasteiger partial charge in [0.05, 0.1) is 17.5 Å². The van der Waals surface area contributed by atoms with Crippen LogP contribution in [0.5, 0.6) is 0 Å². The molecule has 0 saturated carbocycles. The van der Waals surface area contributed by atoms with E-state index in [0.29, 0.717) is 17.8 Å². The van der Waals surface area contributed by atoms with Gasteiger partial charge in [-0.2, -0.15) is 0 Å². The van der Waals surface area contributed by atoms with Gasteiger partial charge in [0.2, 0.25) is 0 Å². The van der Waals surface area contributed by atoms with E-state index in [1.54, 1.807) is 0 Å². The minimum absolute atomic E-state index is 0.0360. The number of nitrogens with one attached hydrogen (secondary N) is 2. The molecule has 1 aromatic heterocycles. The van der Waals surface area contributed by atoms with Crippen LogP contribution in [0.2, 0.25) is 0 Å². The van der Waals surface area contributed by atoms with E-state index in [1.807, 2.05) is 6.92 Å². The lowest BCUT2D eigenvalue weighted by atomic mass is 10.2. The minimum Gasteiger partial charge on any atom is -0.393 e. The fourth-order valence-electron chi connectivity index (χ4n) is 1.19. The second-order valence-electron chi connectivity index (χ2n) is 3.31. The number of nitrogens with zero attached hydrogens (tertiary/aromatic N) is 1. The molecule has 0 spiro atoms. The van der Waals surface area contributed by atoms with E-state index >= 15 is 0 Å². The fourth-order valence-corrected chi connectivity index (χ4v) is 2.61. The van der Waals surface area contributed by atoms with Crippen molar-refractivity contribution < 1.29 is 8.42 Å². The number of thiocarbonyl (C=S) groups is 1. The number of hydrogen-bond acceptors (Lipinski definition) is 4. The van der Waals surface area contributed by atoms with Crippen LogP contribution in [0.4, 0.5) is 0 Å². The third kappa shape index (κ3) is 3.54. The van der Waals surface area contributed by atoms with Crippen molar-refractivity contribution in [3.8, 4) is 0 Å². The quantitative estimate of drug-likeness (QED) is 0.633. The zero-order chi connectivity index (χ0) is 12.2. The van der Waals surface area contributed by atoms with E-state index in [4.69, 9.17) is 18.0 Å². The van der Waals surface area contributed by atoms with E-state index in [0.717, 1.165) is 0 Å². The molecule has 0 amide bonds. The summed E-state index contributed by atoms with van der Waals surface area (Å²) >= 11 is 4.75. The number of sulfonamides is 1. The van der Waals surface area contributed by atoms with Crippen molar-refractivity contribution in [2.75, 3.05) is 0 Å². The largest absolute Gasteiger partial charge is 0.393 e. The molecule has 16 heavy (non-hydrogen) atoms. The van der Waals surface area contributed by atoms with Crippen LogP contribution in [0.1, 0.15) is 19.8 Å². The standard InChI is InChI=1S/C8H14N4O2S2/c1-2-6(3-7(9)15)12-16(13,14)8-4-10-5-11-8/h4-6,12H,2-3H2,1H3,(H2,9,15)(H,10,11). The lowest BCUT2D eigenvalue weighted by Gasteiger charge is -2.15. The van der Waals surface area contributed by atoms with Crippen molar-refractivity contribution >= 4 is 27.2 Å². The molecule has 0 aliphatic heterocycles. The maximum atomic E-state index is 11.8. The molecule has 0 fully saturated rings. The van der Waals surface area contributed by atoms with Crippen LogP contribution in [-0.2, 0) is 10.0 Å². The van der Waals surface area contributed by atoms with E-state index in [9.17, 15) is 8.42 Å². The third-order valence-electron chi connectivity index (χ3n) is 2.02. The third-order valence-corrected chi connectivity index (χ3v) is 3.64. The zero-order valence-electron chi connectivity index (χ0n) is 8.80. The summed E-state index contributed by atoms with van der Waals surface area (Å²) < 4.78 is 26.1. The molecule has 1 rings (SSSR count). The maximum Gasteiger partial charge on any atom is 0.257 e. The SMILES string of the molecule is CCC(CC(N)=S)NS(=O)(=O)c1cnc[nH]1. The van der Waals surface area contributed by atoms with Gasteiger partial charge in [-0.1, -0.05) is 19.1 Å². The summed E-state index contributed by atoms with van der Waals surface area (Å²) in [4.78, 5) is 6.48. The van der Waals surface area contributed by atoms with Crippen LogP contribution in [0.3, 0.4) is 0 Å². The van der Waals surface area contributed by atoms with Gasteiger partial charge in [0, 0.05) is 12.5 Å². The number of aromatic nitrogens is 2. The van der Waals surface area contributed by atoms with Gasteiger partial charge in [-0.05, 0) is 6.42 Å². The summed E-state index contributed by atoms with van der Waals surface area (Å²) in [6, 6.07) is -0.286. The summed E-state index contributed by atoms with van der Waals surface area (Å²) in [6.07, 6.45) is 3.52. The van der Waals surface area contributed by atoms with Gasteiger partial charge in [-0.15, -0.1) is 0 Å². The Hall–Kier alpha value is -0.990. The Balaban J connectivity index is 2.75. The molecular formula is C8H14N4O2S2. The van der Waals surface area contributed by atoms with Crippen LogP contribution in [0.15, 0.2) is 17.6 Å². The van der Waals surface area contributed by atoms with Crippen molar-refractivity contribution in [3.63, 3.8) is 0 Å². The van der Waals surface area contributed by atoms with Gasteiger partial charge in [0.15, 0.2) is 5.03 Å².